The van der Waals surface area contributed by atoms with Crippen molar-refractivity contribution < 1.29 is 19.1 Å². The monoisotopic (exact) mass is 396 g/mol. The summed E-state index contributed by atoms with van der Waals surface area (Å²) in [6.07, 6.45) is 3.33. The van der Waals surface area contributed by atoms with Gasteiger partial charge in [-0.1, -0.05) is 72.8 Å². The summed E-state index contributed by atoms with van der Waals surface area (Å²) in [6.45, 7) is 0.210. The summed E-state index contributed by atoms with van der Waals surface area (Å²) in [5.41, 5.74) is 1.06. The van der Waals surface area contributed by atoms with E-state index in [2.05, 4.69) is 0 Å². The molecule has 4 nitrogen and oxygen atoms in total. The third-order valence-electron chi connectivity index (χ3n) is 4.81. The van der Waals surface area contributed by atoms with E-state index in [4.69, 9.17) is 9.47 Å². The fourth-order valence-electron chi connectivity index (χ4n) is 3.35. The number of benzene rings is 4. The van der Waals surface area contributed by atoms with Crippen LogP contribution in [-0.2, 0) is 9.47 Å². The van der Waals surface area contributed by atoms with Crippen LogP contribution in [0.3, 0.4) is 0 Å². The highest BCUT2D eigenvalue weighted by atomic mass is 16.5. The first kappa shape index (κ1) is 19.4. The molecule has 0 aliphatic heterocycles. The molecule has 4 aromatic carbocycles. The molecular weight excluding hydrogens is 376 g/mol. The SMILES string of the molecule is O=C(OC/C=C/COC(=O)c1cccc2ccccc12)c1cccc2ccccc12. The maximum atomic E-state index is 12.4. The van der Waals surface area contributed by atoms with Crippen LogP contribution in [0.25, 0.3) is 21.5 Å². The summed E-state index contributed by atoms with van der Waals surface area (Å²) in [4.78, 5) is 24.7. The lowest BCUT2D eigenvalue weighted by molar-refractivity contribution is 0.0529. The predicted octanol–water partition coefficient (Wildman–Crippen LogP) is 5.56. The normalized spacial score (nSPS) is 11.1. The molecule has 0 N–H and O–H groups in total. The molecule has 0 unspecified atom stereocenters. The van der Waals surface area contributed by atoms with Crippen LogP contribution in [0.15, 0.2) is 97.1 Å². The number of carbonyl (C=O) groups excluding carboxylic acids is 2. The van der Waals surface area contributed by atoms with Crippen LogP contribution < -0.4 is 0 Å². The van der Waals surface area contributed by atoms with Crippen molar-refractivity contribution in [2.24, 2.45) is 0 Å². The van der Waals surface area contributed by atoms with Crippen LogP contribution >= 0.6 is 0 Å². The summed E-state index contributed by atoms with van der Waals surface area (Å²) in [5, 5.41) is 3.70. The van der Waals surface area contributed by atoms with Gasteiger partial charge in [0.05, 0.1) is 11.1 Å². The highest BCUT2D eigenvalue weighted by molar-refractivity contribution is 6.05. The van der Waals surface area contributed by atoms with Gasteiger partial charge in [0.1, 0.15) is 13.2 Å². The Morgan fingerprint density at radius 2 is 0.967 bits per heavy atom. The van der Waals surface area contributed by atoms with Gasteiger partial charge in [-0.15, -0.1) is 0 Å². The molecule has 0 fully saturated rings. The summed E-state index contributed by atoms with van der Waals surface area (Å²) in [5.74, 6) is -0.770. The molecular formula is C26H20O4. The Hall–Kier alpha value is -3.92. The highest BCUT2D eigenvalue weighted by Gasteiger charge is 2.11. The van der Waals surface area contributed by atoms with Gasteiger partial charge in [-0.25, -0.2) is 9.59 Å². The summed E-state index contributed by atoms with van der Waals surface area (Å²) < 4.78 is 10.6. The maximum Gasteiger partial charge on any atom is 0.339 e. The van der Waals surface area contributed by atoms with Crippen LogP contribution in [-0.4, -0.2) is 25.2 Å². The standard InChI is InChI=1S/C26H20O4/c27-25(23-15-7-11-19-9-1-3-13-21(19)23)29-17-5-6-18-30-26(28)24-16-8-12-20-10-2-4-14-22(20)24/h1-16H,17-18H2/b6-5+. The third-order valence-corrected chi connectivity index (χ3v) is 4.81. The summed E-state index contributed by atoms with van der Waals surface area (Å²) in [7, 11) is 0. The molecule has 0 aliphatic rings. The first-order chi connectivity index (χ1) is 14.7. The zero-order chi connectivity index (χ0) is 20.8. The van der Waals surface area contributed by atoms with Crippen LogP contribution in [0.5, 0.6) is 0 Å². The van der Waals surface area contributed by atoms with E-state index in [0.29, 0.717) is 11.1 Å². The van der Waals surface area contributed by atoms with E-state index in [0.717, 1.165) is 21.5 Å². The molecule has 0 aliphatic carbocycles. The second-order valence-electron chi connectivity index (χ2n) is 6.72. The van der Waals surface area contributed by atoms with E-state index in [9.17, 15) is 9.59 Å². The van der Waals surface area contributed by atoms with E-state index in [1.54, 1.807) is 24.3 Å². The molecule has 0 saturated heterocycles. The fraction of sp³-hybridized carbons (Fsp3) is 0.0769. The van der Waals surface area contributed by atoms with E-state index in [-0.39, 0.29) is 25.2 Å². The maximum absolute atomic E-state index is 12.4. The van der Waals surface area contributed by atoms with Gasteiger partial charge in [-0.2, -0.15) is 0 Å². The second-order valence-corrected chi connectivity index (χ2v) is 6.72. The number of fused-ring (bicyclic) bond motifs is 2. The average molecular weight is 396 g/mol. The number of hydrogen-bond donors (Lipinski definition) is 0. The molecule has 4 aromatic rings. The molecule has 0 radical (unpaired) electrons. The lowest BCUT2D eigenvalue weighted by Gasteiger charge is -2.06. The van der Waals surface area contributed by atoms with Crippen LogP contribution in [0, 0.1) is 0 Å². The van der Waals surface area contributed by atoms with E-state index < -0.39 is 0 Å². The van der Waals surface area contributed by atoms with Crippen LogP contribution in [0.4, 0.5) is 0 Å². The van der Waals surface area contributed by atoms with Gasteiger partial charge in [0, 0.05) is 0 Å². The smallest absolute Gasteiger partial charge is 0.339 e. The summed E-state index contributed by atoms with van der Waals surface area (Å²) in [6, 6.07) is 26.4. The number of hydrogen-bond acceptors (Lipinski definition) is 4. The van der Waals surface area contributed by atoms with Crippen molar-refractivity contribution in [3.63, 3.8) is 0 Å². The van der Waals surface area contributed by atoms with Crippen LogP contribution in [0.2, 0.25) is 0 Å². The predicted molar refractivity (Wildman–Crippen MR) is 118 cm³/mol. The van der Waals surface area contributed by atoms with Gasteiger partial charge in [0.2, 0.25) is 0 Å². The Balaban J connectivity index is 1.30. The molecule has 0 aromatic heterocycles. The zero-order valence-electron chi connectivity index (χ0n) is 16.3. The molecule has 0 amide bonds. The van der Waals surface area contributed by atoms with Crippen molar-refractivity contribution in [2.75, 3.05) is 13.2 Å². The first-order valence-corrected chi connectivity index (χ1v) is 9.69. The van der Waals surface area contributed by atoms with Gasteiger partial charge < -0.3 is 9.47 Å². The minimum Gasteiger partial charge on any atom is -0.458 e. The Kier molecular flexibility index (Phi) is 5.85. The van der Waals surface area contributed by atoms with Gasteiger partial charge in [0.15, 0.2) is 0 Å². The van der Waals surface area contributed by atoms with E-state index in [1.807, 2.05) is 72.8 Å². The summed E-state index contributed by atoms with van der Waals surface area (Å²) >= 11 is 0. The third kappa shape index (κ3) is 4.23. The van der Waals surface area contributed by atoms with Gasteiger partial charge in [-0.3, -0.25) is 0 Å². The van der Waals surface area contributed by atoms with Gasteiger partial charge in [-0.05, 0) is 45.8 Å². The largest absolute Gasteiger partial charge is 0.458 e. The van der Waals surface area contributed by atoms with Crippen molar-refractivity contribution in [2.45, 2.75) is 0 Å². The second kappa shape index (κ2) is 9.05. The molecule has 4 heteroatoms. The zero-order valence-corrected chi connectivity index (χ0v) is 16.3. The Morgan fingerprint density at radius 1 is 0.567 bits per heavy atom. The number of esters is 2. The van der Waals surface area contributed by atoms with Crippen molar-refractivity contribution in [1.29, 1.82) is 0 Å². The van der Waals surface area contributed by atoms with Crippen LogP contribution in [0.1, 0.15) is 20.7 Å². The number of ether oxygens (including phenoxy) is 2. The molecule has 30 heavy (non-hydrogen) atoms. The van der Waals surface area contributed by atoms with E-state index in [1.165, 1.54) is 0 Å². The van der Waals surface area contributed by atoms with Crippen molar-refractivity contribution in [3.05, 3.63) is 108 Å². The van der Waals surface area contributed by atoms with Crippen molar-refractivity contribution >= 4 is 33.5 Å². The van der Waals surface area contributed by atoms with E-state index >= 15 is 0 Å². The lowest BCUT2D eigenvalue weighted by Crippen LogP contribution is -2.07. The first-order valence-electron chi connectivity index (χ1n) is 9.69. The lowest BCUT2D eigenvalue weighted by atomic mass is 10.1. The quantitative estimate of drug-likeness (QED) is 0.316. The Morgan fingerprint density at radius 3 is 1.43 bits per heavy atom. The van der Waals surface area contributed by atoms with Gasteiger partial charge in [0.25, 0.3) is 0 Å². The minimum atomic E-state index is -0.385. The van der Waals surface area contributed by atoms with Crippen molar-refractivity contribution in [3.8, 4) is 0 Å². The molecule has 0 bridgehead atoms. The molecule has 0 atom stereocenters. The highest BCUT2D eigenvalue weighted by Crippen LogP contribution is 2.20. The molecule has 0 heterocycles. The molecule has 0 spiro atoms. The Bertz CT molecular complexity index is 1130. The molecule has 148 valence electrons. The number of rotatable bonds is 6. The molecule has 4 rings (SSSR count). The topological polar surface area (TPSA) is 52.6 Å². The number of carbonyl (C=O) groups is 2. The molecule has 0 saturated carbocycles. The van der Waals surface area contributed by atoms with Crippen molar-refractivity contribution in [1.82, 2.24) is 0 Å². The minimum absolute atomic E-state index is 0.105. The fourth-order valence-corrected chi connectivity index (χ4v) is 3.35. The average Bonchev–Trinajstić information content (AvgIpc) is 2.80. The Labute approximate surface area is 174 Å². The van der Waals surface area contributed by atoms with Gasteiger partial charge >= 0.3 is 11.9 Å².